The van der Waals surface area contributed by atoms with Gasteiger partial charge >= 0.3 is 5.97 Å². The van der Waals surface area contributed by atoms with E-state index in [2.05, 4.69) is 13.2 Å². The molecule has 0 saturated heterocycles. The molecule has 0 aliphatic heterocycles. The van der Waals surface area contributed by atoms with Gasteiger partial charge in [-0.05, 0) is 5.92 Å². The fourth-order valence-electron chi connectivity index (χ4n) is 0.308. The van der Waals surface area contributed by atoms with Gasteiger partial charge in [0.2, 0.25) is 0 Å². The van der Waals surface area contributed by atoms with Crippen LogP contribution < -0.4 is 0 Å². The first-order valence-corrected chi connectivity index (χ1v) is 3.88. The average molecular weight is 181 g/mol. The summed E-state index contributed by atoms with van der Waals surface area (Å²) in [6.45, 7) is 10.8. The summed E-state index contributed by atoms with van der Waals surface area (Å²) in [4.78, 5) is 10.4. The largest absolute Gasteiger partial charge is 0.462 e. The van der Waals surface area contributed by atoms with Gasteiger partial charge in [0.25, 0.3) is 0 Å². The van der Waals surface area contributed by atoms with Crippen LogP contribution in [0.2, 0.25) is 0 Å². The zero-order valence-corrected chi connectivity index (χ0v) is 8.12. The molecule has 0 spiro atoms. The van der Waals surface area contributed by atoms with Gasteiger partial charge in [0.1, 0.15) is 0 Å². The first-order valence-electron chi connectivity index (χ1n) is 3.88. The van der Waals surface area contributed by atoms with Crippen LogP contribution in [0.25, 0.3) is 0 Å². The van der Waals surface area contributed by atoms with E-state index in [0.717, 1.165) is 0 Å². The highest BCUT2D eigenvalue weighted by atomic mass is 16.5. The van der Waals surface area contributed by atoms with E-state index in [4.69, 9.17) is 10.00 Å². The second kappa shape index (κ2) is 10.4. The van der Waals surface area contributed by atoms with E-state index < -0.39 is 0 Å². The van der Waals surface area contributed by atoms with Crippen LogP contribution in [0.4, 0.5) is 0 Å². The lowest BCUT2D eigenvalue weighted by Gasteiger charge is -2.02. The molecule has 3 heteroatoms. The molecule has 0 rings (SSSR count). The van der Waals surface area contributed by atoms with Crippen LogP contribution in [0.1, 0.15) is 13.8 Å². The number of carbonyl (C=O) groups excluding carboxylic acids is 1. The summed E-state index contributed by atoms with van der Waals surface area (Å²) in [5, 5.41) is 7.51. The third-order valence-corrected chi connectivity index (χ3v) is 0.817. The summed E-state index contributed by atoms with van der Waals surface area (Å²) in [5.41, 5.74) is 0. The van der Waals surface area contributed by atoms with Crippen molar-refractivity contribution in [1.29, 1.82) is 5.26 Å². The topological polar surface area (TPSA) is 50.1 Å². The zero-order chi connectivity index (χ0) is 10.7. The molecule has 72 valence electrons. The Bertz CT molecular complexity index is 201. The molecule has 0 aromatic rings. The number of nitrogens with zero attached hydrogens (tertiary/aromatic N) is 1. The lowest BCUT2D eigenvalue weighted by Crippen LogP contribution is -2.06. The van der Waals surface area contributed by atoms with Crippen LogP contribution in [0.5, 0.6) is 0 Å². The summed E-state index contributed by atoms with van der Waals surface area (Å²) >= 11 is 0. The molecule has 0 aliphatic carbocycles. The second-order valence-corrected chi connectivity index (χ2v) is 2.56. The minimum atomic E-state index is -0.344. The van der Waals surface area contributed by atoms with Crippen LogP contribution in [-0.2, 0) is 9.53 Å². The number of carbonyl (C=O) groups is 1. The van der Waals surface area contributed by atoms with Gasteiger partial charge in [-0.2, -0.15) is 5.26 Å². The molecule has 0 N–H and O–H groups in total. The van der Waals surface area contributed by atoms with E-state index in [-0.39, 0.29) is 5.97 Å². The number of hydrogen-bond donors (Lipinski definition) is 0. The number of ether oxygens (including phenoxy) is 1. The smallest absolute Gasteiger partial charge is 0.330 e. The highest BCUT2D eigenvalue weighted by molar-refractivity contribution is 5.81. The van der Waals surface area contributed by atoms with Crippen LogP contribution in [0, 0.1) is 17.2 Å². The highest BCUT2D eigenvalue weighted by Gasteiger charge is 1.96. The molecule has 0 aromatic heterocycles. The Morgan fingerprint density at radius 2 is 2.08 bits per heavy atom. The lowest BCUT2D eigenvalue weighted by atomic mass is 10.2. The van der Waals surface area contributed by atoms with E-state index in [1.54, 1.807) is 6.07 Å². The SMILES string of the molecule is C=CC#N.C=CC(=O)OCC(C)C. The normalized spacial score (nSPS) is 7.54. The number of rotatable bonds is 3. The van der Waals surface area contributed by atoms with E-state index in [1.165, 1.54) is 12.2 Å². The molecule has 0 saturated carbocycles. The molecule has 0 fully saturated rings. The minimum absolute atomic E-state index is 0.344. The van der Waals surface area contributed by atoms with E-state index in [1.807, 2.05) is 13.8 Å². The van der Waals surface area contributed by atoms with Gasteiger partial charge in [-0.1, -0.05) is 27.0 Å². The quantitative estimate of drug-likeness (QED) is 0.380. The van der Waals surface area contributed by atoms with Crippen molar-refractivity contribution in [3.63, 3.8) is 0 Å². The van der Waals surface area contributed by atoms with Crippen LogP contribution in [0.3, 0.4) is 0 Å². The fourth-order valence-corrected chi connectivity index (χ4v) is 0.308. The van der Waals surface area contributed by atoms with Crippen molar-refractivity contribution in [3.8, 4) is 6.07 Å². The molecular formula is C10H15NO2. The Morgan fingerprint density at radius 3 is 2.31 bits per heavy atom. The highest BCUT2D eigenvalue weighted by Crippen LogP contribution is 1.92. The predicted octanol–water partition coefficient (Wildman–Crippen LogP) is 2.07. The number of nitriles is 1. The Hall–Kier alpha value is -1.56. The molecule has 0 amide bonds. The minimum Gasteiger partial charge on any atom is -0.462 e. The third kappa shape index (κ3) is 17.9. The van der Waals surface area contributed by atoms with E-state index in [9.17, 15) is 4.79 Å². The van der Waals surface area contributed by atoms with Crippen LogP contribution in [-0.4, -0.2) is 12.6 Å². The molecule has 0 aliphatic rings. The maximum absolute atomic E-state index is 10.4. The lowest BCUT2D eigenvalue weighted by molar-refractivity contribution is -0.138. The van der Waals surface area contributed by atoms with E-state index in [0.29, 0.717) is 12.5 Å². The summed E-state index contributed by atoms with van der Waals surface area (Å²) in [6.07, 6.45) is 2.35. The van der Waals surface area contributed by atoms with Crippen molar-refractivity contribution in [2.24, 2.45) is 5.92 Å². The van der Waals surface area contributed by atoms with E-state index >= 15 is 0 Å². The monoisotopic (exact) mass is 181 g/mol. The molecule has 0 aromatic carbocycles. The van der Waals surface area contributed by atoms with Crippen molar-refractivity contribution in [2.75, 3.05) is 6.61 Å². The number of hydrogen-bond acceptors (Lipinski definition) is 3. The van der Waals surface area contributed by atoms with Gasteiger partial charge in [-0.15, -0.1) is 0 Å². The first kappa shape index (κ1) is 14.0. The molecule has 0 unspecified atom stereocenters. The molecule has 0 radical (unpaired) electrons. The van der Waals surface area contributed by atoms with Crippen LogP contribution >= 0.6 is 0 Å². The molecule has 13 heavy (non-hydrogen) atoms. The first-order chi connectivity index (χ1) is 6.08. The van der Waals surface area contributed by atoms with Gasteiger partial charge in [0.05, 0.1) is 12.7 Å². The maximum atomic E-state index is 10.4. The van der Waals surface area contributed by atoms with Crippen molar-refractivity contribution in [3.05, 3.63) is 25.3 Å². The Balaban J connectivity index is 0. The Morgan fingerprint density at radius 1 is 1.62 bits per heavy atom. The van der Waals surface area contributed by atoms with Crippen molar-refractivity contribution in [2.45, 2.75) is 13.8 Å². The second-order valence-electron chi connectivity index (χ2n) is 2.56. The van der Waals surface area contributed by atoms with Gasteiger partial charge in [0, 0.05) is 12.2 Å². The third-order valence-electron chi connectivity index (χ3n) is 0.817. The average Bonchev–Trinajstić information content (AvgIpc) is 2.14. The summed E-state index contributed by atoms with van der Waals surface area (Å²) in [5.74, 6) is 0.0533. The fraction of sp³-hybridized carbons (Fsp3) is 0.400. The zero-order valence-electron chi connectivity index (χ0n) is 8.12. The number of allylic oxidation sites excluding steroid dienone is 1. The molecule has 0 heterocycles. The van der Waals surface area contributed by atoms with Gasteiger partial charge in [-0.3, -0.25) is 0 Å². The summed E-state index contributed by atoms with van der Waals surface area (Å²) in [6, 6.07) is 1.69. The van der Waals surface area contributed by atoms with Crippen LogP contribution in [0.15, 0.2) is 25.3 Å². The number of esters is 1. The van der Waals surface area contributed by atoms with Gasteiger partial charge in [-0.25, -0.2) is 4.79 Å². The molecule has 3 nitrogen and oxygen atoms in total. The Labute approximate surface area is 79.3 Å². The van der Waals surface area contributed by atoms with Gasteiger partial charge < -0.3 is 4.74 Å². The molecule has 0 bridgehead atoms. The summed E-state index contributed by atoms with van der Waals surface area (Å²) < 4.78 is 4.70. The standard InChI is InChI=1S/C7H12O2.C3H3N/c1-4-7(8)9-5-6(2)3;1-2-3-4/h4,6H,1,5H2,2-3H3;2H,1H2. The summed E-state index contributed by atoms with van der Waals surface area (Å²) in [7, 11) is 0. The van der Waals surface area contributed by atoms with Crippen molar-refractivity contribution >= 4 is 5.97 Å². The van der Waals surface area contributed by atoms with Gasteiger partial charge in [0.15, 0.2) is 0 Å². The van der Waals surface area contributed by atoms with Crippen molar-refractivity contribution < 1.29 is 9.53 Å². The predicted molar refractivity (Wildman–Crippen MR) is 51.8 cm³/mol. The Kier molecular flexibility index (Phi) is 11.2. The maximum Gasteiger partial charge on any atom is 0.330 e. The molecular weight excluding hydrogens is 166 g/mol. The molecule has 0 atom stereocenters. The van der Waals surface area contributed by atoms with Crippen molar-refractivity contribution in [1.82, 2.24) is 0 Å².